The Morgan fingerprint density at radius 2 is 2.23 bits per heavy atom. The van der Waals surface area contributed by atoms with Crippen LogP contribution in [0.15, 0.2) is 34.4 Å². The number of carbonyl (C=O) groups is 1. The molecule has 0 aliphatic rings. The smallest absolute Gasteiger partial charge is 0.307 e. The highest BCUT2D eigenvalue weighted by molar-refractivity contribution is 7.07. The molecule has 0 radical (unpaired) electrons. The number of para-hydroxylation sites is 2. The van der Waals surface area contributed by atoms with E-state index in [1.54, 1.807) is 9.95 Å². The van der Waals surface area contributed by atoms with Crippen LogP contribution in [0.2, 0.25) is 0 Å². The molecule has 0 atom stereocenters. The highest BCUT2D eigenvalue weighted by Crippen LogP contribution is 2.10. The predicted molar refractivity (Wildman–Crippen MR) is 85.9 cm³/mol. The summed E-state index contributed by atoms with van der Waals surface area (Å²) in [4.78, 5) is 31.0. The van der Waals surface area contributed by atoms with E-state index in [4.69, 9.17) is 0 Å². The number of thiazole rings is 1. The van der Waals surface area contributed by atoms with Crippen molar-refractivity contribution in [3.8, 4) is 0 Å². The molecule has 114 valence electrons. The number of benzene rings is 1. The van der Waals surface area contributed by atoms with E-state index in [0.717, 1.165) is 33.9 Å². The lowest BCUT2D eigenvalue weighted by Crippen LogP contribution is -2.26. The third-order valence-corrected chi connectivity index (χ3v) is 4.31. The van der Waals surface area contributed by atoms with Crippen LogP contribution in [-0.4, -0.2) is 20.4 Å². The number of carbonyl (C=O) groups excluding carboxylic acids is 1. The molecule has 3 rings (SSSR count). The average Bonchev–Trinajstić information content (AvgIpc) is 3.07. The Balaban J connectivity index is 1.55. The molecule has 22 heavy (non-hydrogen) atoms. The van der Waals surface area contributed by atoms with Crippen molar-refractivity contribution in [2.75, 3.05) is 0 Å². The van der Waals surface area contributed by atoms with E-state index < -0.39 is 0 Å². The number of aromatic amines is 1. The fraction of sp³-hybridized carbons (Fsp3) is 0.267. The Labute approximate surface area is 130 Å². The van der Waals surface area contributed by atoms with Gasteiger partial charge in [0.1, 0.15) is 5.82 Å². The SMILES string of the molecule is Cc1csc(=O)n1CCC(=O)NCc1nc2ccccc2[nH]1. The fourth-order valence-corrected chi connectivity index (χ4v) is 3.01. The zero-order chi connectivity index (χ0) is 15.5. The highest BCUT2D eigenvalue weighted by Gasteiger charge is 2.08. The number of nitrogens with zero attached hydrogens (tertiary/aromatic N) is 2. The maximum atomic E-state index is 11.9. The van der Waals surface area contributed by atoms with Gasteiger partial charge >= 0.3 is 4.87 Å². The van der Waals surface area contributed by atoms with E-state index >= 15 is 0 Å². The van der Waals surface area contributed by atoms with Gasteiger partial charge in [-0.1, -0.05) is 23.5 Å². The van der Waals surface area contributed by atoms with Crippen LogP contribution in [0.25, 0.3) is 11.0 Å². The summed E-state index contributed by atoms with van der Waals surface area (Å²) in [5, 5.41) is 4.62. The Morgan fingerprint density at radius 3 is 2.95 bits per heavy atom. The van der Waals surface area contributed by atoms with Crippen LogP contribution in [0.5, 0.6) is 0 Å². The first-order valence-corrected chi connectivity index (χ1v) is 7.87. The summed E-state index contributed by atoms with van der Waals surface area (Å²) >= 11 is 1.16. The summed E-state index contributed by atoms with van der Waals surface area (Å²) < 4.78 is 1.62. The molecule has 0 spiro atoms. The molecule has 0 aliphatic heterocycles. The average molecular weight is 316 g/mol. The third kappa shape index (κ3) is 3.09. The second kappa shape index (κ2) is 6.15. The van der Waals surface area contributed by atoms with Crippen molar-refractivity contribution in [2.24, 2.45) is 0 Å². The molecule has 0 saturated carbocycles. The standard InChI is InChI=1S/C15H16N4O2S/c1-10-9-22-15(21)19(10)7-6-14(20)16-8-13-17-11-4-2-3-5-12(11)18-13/h2-5,9H,6-8H2,1H3,(H,16,20)(H,17,18). The highest BCUT2D eigenvalue weighted by atomic mass is 32.1. The quantitative estimate of drug-likeness (QED) is 0.753. The van der Waals surface area contributed by atoms with E-state index in [-0.39, 0.29) is 17.2 Å². The summed E-state index contributed by atoms with van der Waals surface area (Å²) in [5.41, 5.74) is 2.72. The molecule has 2 heterocycles. The van der Waals surface area contributed by atoms with E-state index in [1.165, 1.54) is 0 Å². The lowest BCUT2D eigenvalue weighted by atomic mass is 10.3. The van der Waals surface area contributed by atoms with Gasteiger partial charge < -0.3 is 14.9 Å². The van der Waals surface area contributed by atoms with Gasteiger partial charge in [-0.25, -0.2) is 4.98 Å². The van der Waals surface area contributed by atoms with Gasteiger partial charge in [0.2, 0.25) is 5.91 Å². The lowest BCUT2D eigenvalue weighted by Gasteiger charge is -2.05. The van der Waals surface area contributed by atoms with Crippen molar-refractivity contribution in [2.45, 2.75) is 26.4 Å². The van der Waals surface area contributed by atoms with Gasteiger partial charge in [-0.05, 0) is 19.1 Å². The normalized spacial score (nSPS) is 11.0. The van der Waals surface area contributed by atoms with Crippen LogP contribution in [0.1, 0.15) is 17.9 Å². The molecule has 0 saturated heterocycles. The number of imidazole rings is 1. The second-order valence-corrected chi connectivity index (χ2v) is 5.84. The van der Waals surface area contributed by atoms with E-state index in [0.29, 0.717) is 13.1 Å². The van der Waals surface area contributed by atoms with Gasteiger partial charge in [0.15, 0.2) is 0 Å². The number of rotatable bonds is 5. The molecule has 1 amide bonds. The summed E-state index contributed by atoms with van der Waals surface area (Å²) in [6.07, 6.45) is 0.276. The monoisotopic (exact) mass is 316 g/mol. The van der Waals surface area contributed by atoms with Gasteiger partial charge in [-0.15, -0.1) is 0 Å². The Bertz CT molecular complexity index is 829. The van der Waals surface area contributed by atoms with Crippen molar-refractivity contribution >= 4 is 28.3 Å². The van der Waals surface area contributed by atoms with E-state index in [1.807, 2.05) is 31.2 Å². The summed E-state index contributed by atoms with van der Waals surface area (Å²) in [6, 6.07) is 7.72. The van der Waals surface area contributed by atoms with Crippen molar-refractivity contribution in [1.29, 1.82) is 0 Å². The molecular weight excluding hydrogens is 300 g/mol. The molecule has 1 aromatic carbocycles. The molecule has 0 aliphatic carbocycles. The van der Waals surface area contributed by atoms with Gasteiger partial charge in [-0.2, -0.15) is 0 Å². The molecule has 2 N–H and O–H groups in total. The van der Waals surface area contributed by atoms with Gasteiger partial charge in [-0.3, -0.25) is 9.59 Å². The molecule has 2 aromatic heterocycles. The van der Waals surface area contributed by atoms with Crippen molar-refractivity contribution in [1.82, 2.24) is 19.9 Å². The molecule has 7 heteroatoms. The van der Waals surface area contributed by atoms with Gasteiger partial charge in [0.05, 0.1) is 17.6 Å². The van der Waals surface area contributed by atoms with E-state index in [9.17, 15) is 9.59 Å². The van der Waals surface area contributed by atoms with Crippen LogP contribution >= 0.6 is 11.3 Å². The minimum atomic E-state index is -0.0991. The first kappa shape index (κ1) is 14.5. The van der Waals surface area contributed by atoms with Crippen LogP contribution in [0.4, 0.5) is 0 Å². The second-order valence-electron chi connectivity index (χ2n) is 5.02. The van der Waals surface area contributed by atoms with Crippen molar-refractivity contribution in [3.63, 3.8) is 0 Å². The first-order chi connectivity index (χ1) is 10.6. The third-order valence-electron chi connectivity index (χ3n) is 3.43. The lowest BCUT2D eigenvalue weighted by molar-refractivity contribution is -0.121. The van der Waals surface area contributed by atoms with Crippen LogP contribution in [0.3, 0.4) is 0 Å². The topological polar surface area (TPSA) is 79.8 Å². The molecule has 0 unspecified atom stereocenters. The number of amides is 1. The minimum absolute atomic E-state index is 0.0254. The zero-order valence-corrected chi connectivity index (χ0v) is 12.9. The number of fused-ring (bicyclic) bond motifs is 1. The number of aryl methyl sites for hydroxylation is 1. The fourth-order valence-electron chi connectivity index (χ4n) is 2.25. The first-order valence-electron chi connectivity index (χ1n) is 6.99. The van der Waals surface area contributed by atoms with Gasteiger partial charge in [0.25, 0.3) is 0 Å². The summed E-state index contributed by atoms with van der Waals surface area (Å²) in [6.45, 7) is 2.62. The molecule has 0 fully saturated rings. The van der Waals surface area contributed by atoms with Crippen LogP contribution in [0, 0.1) is 6.92 Å². The number of hydrogen-bond donors (Lipinski definition) is 2. The van der Waals surface area contributed by atoms with Crippen LogP contribution in [-0.2, 0) is 17.9 Å². The number of aromatic nitrogens is 3. The largest absolute Gasteiger partial charge is 0.349 e. The number of H-pyrrole nitrogens is 1. The Hall–Kier alpha value is -2.41. The van der Waals surface area contributed by atoms with E-state index in [2.05, 4.69) is 15.3 Å². The molecule has 0 bridgehead atoms. The predicted octanol–water partition coefficient (Wildman–Crippen LogP) is 1.80. The zero-order valence-electron chi connectivity index (χ0n) is 12.1. The Morgan fingerprint density at radius 1 is 1.41 bits per heavy atom. The minimum Gasteiger partial charge on any atom is -0.349 e. The van der Waals surface area contributed by atoms with Crippen molar-refractivity contribution < 1.29 is 4.79 Å². The van der Waals surface area contributed by atoms with Crippen LogP contribution < -0.4 is 10.2 Å². The van der Waals surface area contributed by atoms with Gasteiger partial charge in [0, 0.05) is 24.0 Å². The number of hydrogen-bond acceptors (Lipinski definition) is 4. The maximum Gasteiger partial charge on any atom is 0.307 e. The van der Waals surface area contributed by atoms with Crippen molar-refractivity contribution in [3.05, 3.63) is 50.8 Å². The molecular formula is C15H16N4O2S. The number of nitrogens with one attached hydrogen (secondary N) is 2. The summed E-state index contributed by atoms with van der Waals surface area (Å²) in [7, 11) is 0. The molecule has 6 nitrogen and oxygen atoms in total. The summed E-state index contributed by atoms with van der Waals surface area (Å²) in [5.74, 6) is 0.622. The maximum absolute atomic E-state index is 11.9. The Kier molecular flexibility index (Phi) is 4.06. The molecule has 3 aromatic rings.